The first kappa shape index (κ1) is 14.6. The molecule has 0 radical (unpaired) electrons. The van der Waals surface area contributed by atoms with Gasteiger partial charge in [0.2, 0.25) is 5.91 Å². The quantitative estimate of drug-likeness (QED) is 0.692. The fourth-order valence-electron chi connectivity index (χ4n) is 1.76. The summed E-state index contributed by atoms with van der Waals surface area (Å²) in [5, 5.41) is 2.90. The minimum Gasteiger partial charge on any atom is -0.350 e. The number of unbranched alkanes of at least 4 members (excludes halogenated alkanes) is 3. The van der Waals surface area contributed by atoms with Crippen molar-refractivity contribution in [2.75, 3.05) is 6.54 Å². The molecule has 0 fully saturated rings. The van der Waals surface area contributed by atoms with E-state index >= 15 is 0 Å². The van der Waals surface area contributed by atoms with Crippen LogP contribution in [0.25, 0.3) is 0 Å². The van der Waals surface area contributed by atoms with Crippen LogP contribution < -0.4 is 11.1 Å². The van der Waals surface area contributed by atoms with Gasteiger partial charge in [-0.2, -0.15) is 0 Å². The van der Waals surface area contributed by atoms with E-state index in [4.69, 9.17) is 5.73 Å². The maximum atomic E-state index is 11.6. The molecular weight excluding hydrogens is 226 g/mol. The Labute approximate surface area is 109 Å². The van der Waals surface area contributed by atoms with Gasteiger partial charge in [0.15, 0.2) is 0 Å². The van der Waals surface area contributed by atoms with Crippen LogP contribution in [0, 0.1) is 6.92 Å². The Kier molecular flexibility index (Phi) is 7.03. The minimum atomic E-state index is 0.104. The Hall–Kier alpha value is -1.42. The van der Waals surface area contributed by atoms with Gasteiger partial charge >= 0.3 is 0 Å². The number of hydrogen-bond acceptors (Lipinski definition) is 3. The van der Waals surface area contributed by atoms with Crippen LogP contribution in [0.4, 0.5) is 0 Å². The van der Waals surface area contributed by atoms with Crippen molar-refractivity contribution in [2.24, 2.45) is 5.73 Å². The lowest BCUT2D eigenvalue weighted by Crippen LogP contribution is -2.23. The van der Waals surface area contributed by atoms with Gasteiger partial charge in [0.1, 0.15) is 0 Å². The lowest BCUT2D eigenvalue weighted by atomic mass is 10.1. The molecule has 1 aromatic rings. The van der Waals surface area contributed by atoms with Crippen molar-refractivity contribution in [1.82, 2.24) is 10.3 Å². The molecule has 0 aliphatic rings. The lowest BCUT2D eigenvalue weighted by Gasteiger charge is -2.06. The first-order valence-corrected chi connectivity index (χ1v) is 6.61. The van der Waals surface area contributed by atoms with Crippen LogP contribution in [-0.4, -0.2) is 17.4 Å². The molecule has 1 rings (SSSR count). The number of nitrogens with two attached hydrogens (primary N) is 1. The predicted octanol–water partition coefficient (Wildman–Crippen LogP) is 1.92. The standard InChI is InChI=1S/C14H23N3O/c1-12-7-6-10-16-13(12)11-17-14(18)8-4-2-3-5-9-15/h6-7,10H,2-5,8-9,11,15H2,1H3,(H,17,18). The first-order valence-electron chi connectivity index (χ1n) is 6.61. The number of amides is 1. The number of nitrogens with one attached hydrogen (secondary N) is 1. The number of nitrogens with zero attached hydrogens (tertiary/aromatic N) is 1. The molecule has 4 heteroatoms. The van der Waals surface area contributed by atoms with Crippen molar-refractivity contribution in [1.29, 1.82) is 0 Å². The van der Waals surface area contributed by atoms with Crippen LogP contribution in [0.2, 0.25) is 0 Å². The summed E-state index contributed by atoms with van der Waals surface area (Å²) >= 11 is 0. The zero-order chi connectivity index (χ0) is 13.2. The molecule has 4 nitrogen and oxygen atoms in total. The molecule has 0 aliphatic heterocycles. The maximum absolute atomic E-state index is 11.6. The summed E-state index contributed by atoms with van der Waals surface area (Å²) < 4.78 is 0. The summed E-state index contributed by atoms with van der Waals surface area (Å²) in [5.41, 5.74) is 7.46. The second kappa shape index (κ2) is 8.64. The summed E-state index contributed by atoms with van der Waals surface area (Å²) in [6.07, 6.45) is 6.52. The van der Waals surface area contributed by atoms with Crippen LogP contribution in [0.15, 0.2) is 18.3 Å². The number of rotatable bonds is 8. The SMILES string of the molecule is Cc1cccnc1CNC(=O)CCCCCCN. The smallest absolute Gasteiger partial charge is 0.220 e. The van der Waals surface area contributed by atoms with Gasteiger partial charge in [-0.25, -0.2) is 0 Å². The molecule has 0 spiro atoms. The van der Waals surface area contributed by atoms with Crippen LogP contribution >= 0.6 is 0 Å². The minimum absolute atomic E-state index is 0.104. The van der Waals surface area contributed by atoms with Crippen molar-refractivity contribution in [3.8, 4) is 0 Å². The van der Waals surface area contributed by atoms with Gasteiger partial charge in [-0.3, -0.25) is 9.78 Å². The monoisotopic (exact) mass is 249 g/mol. The van der Waals surface area contributed by atoms with E-state index in [1.807, 2.05) is 19.1 Å². The zero-order valence-corrected chi connectivity index (χ0v) is 11.1. The fraction of sp³-hybridized carbons (Fsp3) is 0.571. The molecular formula is C14H23N3O. The van der Waals surface area contributed by atoms with E-state index in [-0.39, 0.29) is 5.91 Å². The van der Waals surface area contributed by atoms with Gasteiger partial charge in [-0.1, -0.05) is 18.9 Å². The van der Waals surface area contributed by atoms with Crippen LogP contribution in [-0.2, 0) is 11.3 Å². The Bertz CT molecular complexity index is 366. The van der Waals surface area contributed by atoms with Crippen molar-refractivity contribution in [3.05, 3.63) is 29.6 Å². The van der Waals surface area contributed by atoms with E-state index < -0.39 is 0 Å². The van der Waals surface area contributed by atoms with Crippen molar-refractivity contribution in [3.63, 3.8) is 0 Å². The molecule has 100 valence electrons. The Balaban J connectivity index is 2.15. The third-order valence-electron chi connectivity index (χ3n) is 2.93. The molecule has 1 amide bonds. The molecule has 0 saturated heterocycles. The molecule has 0 saturated carbocycles. The van der Waals surface area contributed by atoms with Crippen molar-refractivity contribution in [2.45, 2.75) is 45.6 Å². The van der Waals surface area contributed by atoms with Gasteiger partial charge in [0, 0.05) is 12.6 Å². The first-order chi connectivity index (χ1) is 8.74. The fourth-order valence-corrected chi connectivity index (χ4v) is 1.76. The molecule has 0 bridgehead atoms. The van der Waals surface area contributed by atoms with E-state index in [0.717, 1.165) is 43.5 Å². The topological polar surface area (TPSA) is 68.0 Å². The van der Waals surface area contributed by atoms with Gasteiger partial charge < -0.3 is 11.1 Å². The van der Waals surface area contributed by atoms with E-state index in [9.17, 15) is 4.79 Å². The molecule has 1 heterocycles. The Morgan fingerprint density at radius 1 is 1.33 bits per heavy atom. The van der Waals surface area contributed by atoms with E-state index in [1.54, 1.807) is 6.20 Å². The largest absolute Gasteiger partial charge is 0.350 e. The number of carbonyl (C=O) groups is 1. The second-order valence-electron chi connectivity index (χ2n) is 4.50. The number of aromatic nitrogens is 1. The van der Waals surface area contributed by atoms with Gasteiger partial charge in [-0.15, -0.1) is 0 Å². The molecule has 0 aliphatic carbocycles. The molecule has 18 heavy (non-hydrogen) atoms. The van der Waals surface area contributed by atoms with Crippen molar-refractivity contribution < 1.29 is 4.79 Å². The zero-order valence-electron chi connectivity index (χ0n) is 11.1. The van der Waals surface area contributed by atoms with Crippen LogP contribution in [0.5, 0.6) is 0 Å². The van der Waals surface area contributed by atoms with Crippen LogP contribution in [0.1, 0.15) is 43.4 Å². The van der Waals surface area contributed by atoms with Gasteiger partial charge in [0.05, 0.1) is 12.2 Å². The molecule has 3 N–H and O–H groups in total. The average Bonchev–Trinajstić information content (AvgIpc) is 2.37. The van der Waals surface area contributed by atoms with E-state index in [0.29, 0.717) is 13.0 Å². The maximum Gasteiger partial charge on any atom is 0.220 e. The number of pyridine rings is 1. The number of hydrogen-bond donors (Lipinski definition) is 2. The van der Waals surface area contributed by atoms with Crippen LogP contribution in [0.3, 0.4) is 0 Å². The molecule has 0 atom stereocenters. The van der Waals surface area contributed by atoms with E-state index in [2.05, 4.69) is 10.3 Å². The number of carbonyl (C=O) groups excluding carboxylic acids is 1. The predicted molar refractivity (Wildman–Crippen MR) is 73.0 cm³/mol. The number of aryl methyl sites for hydroxylation is 1. The van der Waals surface area contributed by atoms with Crippen molar-refractivity contribution >= 4 is 5.91 Å². The van der Waals surface area contributed by atoms with Gasteiger partial charge in [-0.05, 0) is 37.9 Å². The van der Waals surface area contributed by atoms with E-state index in [1.165, 1.54) is 0 Å². The summed E-state index contributed by atoms with van der Waals surface area (Å²) in [5.74, 6) is 0.104. The average molecular weight is 249 g/mol. The molecule has 0 aromatic carbocycles. The Morgan fingerprint density at radius 3 is 2.83 bits per heavy atom. The Morgan fingerprint density at radius 2 is 2.11 bits per heavy atom. The summed E-state index contributed by atoms with van der Waals surface area (Å²) in [7, 11) is 0. The molecule has 1 aromatic heterocycles. The second-order valence-corrected chi connectivity index (χ2v) is 4.50. The normalized spacial score (nSPS) is 10.3. The van der Waals surface area contributed by atoms with Gasteiger partial charge in [0.25, 0.3) is 0 Å². The third-order valence-corrected chi connectivity index (χ3v) is 2.93. The highest BCUT2D eigenvalue weighted by molar-refractivity contribution is 5.75. The summed E-state index contributed by atoms with van der Waals surface area (Å²) in [6.45, 7) is 3.26. The third kappa shape index (κ3) is 5.77. The highest BCUT2D eigenvalue weighted by atomic mass is 16.1. The molecule has 0 unspecified atom stereocenters. The highest BCUT2D eigenvalue weighted by Crippen LogP contribution is 2.04. The summed E-state index contributed by atoms with van der Waals surface area (Å²) in [4.78, 5) is 15.8. The summed E-state index contributed by atoms with van der Waals surface area (Å²) in [6, 6.07) is 3.90. The highest BCUT2D eigenvalue weighted by Gasteiger charge is 2.03. The lowest BCUT2D eigenvalue weighted by molar-refractivity contribution is -0.121.